The number of rotatable bonds is 3. The molecule has 0 spiro atoms. The van der Waals surface area contributed by atoms with Gasteiger partial charge in [0.15, 0.2) is 0 Å². The molecular weight excluding hydrogens is 376 g/mol. The average Bonchev–Trinajstić information content (AvgIpc) is 3.18. The molecule has 4 aromatic rings. The quantitative estimate of drug-likeness (QED) is 0.523. The van der Waals surface area contributed by atoms with E-state index in [2.05, 4.69) is 33.5 Å². The Bertz CT molecular complexity index is 1200. The van der Waals surface area contributed by atoms with Crippen LogP contribution in [0, 0.1) is 0 Å². The molecule has 2 amide bonds. The van der Waals surface area contributed by atoms with Crippen LogP contribution in [0.1, 0.15) is 22.9 Å². The number of pyridine rings is 1. The van der Waals surface area contributed by atoms with E-state index < -0.39 is 0 Å². The highest BCUT2D eigenvalue weighted by Crippen LogP contribution is 2.38. The van der Waals surface area contributed by atoms with E-state index in [1.54, 1.807) is 13.3 Å². The first-order valence-corrected chi connectivity index (χ1v) is 9.96. The van der Waals surface area contributed by atoms with E-state index in [0.29, 0.717) is 18.0 Å². The van der Waals surface area contributed by atoms with E-state index in [-0.39, 0.29) is 12.1 Å². The Morgan fingerprint density at radius 3 is 2.80 bits per heavy atom. The topological polar surface area (TPSA) is 70.2 Å². The number of nitrogens with zero attached hydrogens (tertiary/aromatic N) is 2. The van der Waals surface area contributed by atoms with Crippen molar-refractivity contribution in [3.63, 3.8) is 0 Å². The third-order valence-corrected chi connectivity index (χ3v) is 5.64. The molecule has 0 aliphatic carbocycles. The van der Waals surface area contributed by atoms with Gasteiger partial charge >= 0.3 is 6.03 Å². The summed E-state index contributed by atoms with van der Waals surface area (Å²) in [5.74, 6) is 0.632. The van der Waals surface area contributed by atoms with Crippen molar-refractivity contribution in [1.29, 1.82) is 0 Å². The molecule has 0 saturated carbocycles. The fraction of sp³-hybridized carbons (Fsp3) is 0.167. The van der Waals surface area contributed by atoms with Gasteiger partial charge in [0, 0.05) is 35.5 Å². The Kier molecular flexibility index (Phi) is 4.59. The van der Waals surface area contributed by atoms with Crippen molar-refractivity contribution < 1.29 is 9.53 Å². The molecule has 0 saturated heterocycles. The lowest BCUT2D eigenvalue weighted by atomic mass is 9.93. The Labute approximate surface area is 174 Å². The predicted molar refractivity (Wildman–Crippen MR) is 117 cm³/mol. The first-order valence-electron chi connectivity index (χ1n) is 9.96. The number of methoxy groups -OCH3 is 1. The minimum absolute atomic E-state index is 0.169. The Balaban J connectivity index is 1.57. The van der Waals surface area contributed by atoms with Gasteiger partial charge < -0.3 is 19.9 Å². The number of carbonyl (C=O) groups is 1. The van der Waals surface area contributed by atoms with Crippen LogP contribution in [0.15, 0.2) is 73.1 Å². The van der Waals surface area contributed by atoms with Gasteiger partial charge in [0.05, 0.1) is 12.8 Å². The summed E-state index contributed by atoms with van der Waals surface area (Å²) in [6, 6.07) is 19.2. The highest BCUT2D eigenvalue weighted by Gasteiger charge is 2.34. The highest BCUT2D eigenvalue weighted by molar-refractivity contribution is 5.92. The Morgan fingerprint density at radius 2 is 1.97 bits per heavy atom. The molecule has 0 unspecified atom stereocenters. The molecule has 1 atom stereocenters. The number of ether oxygens (including phenoxy) is 1. The number of carbonyl (C=O) groups excluding carboxylic acids is 1. The van der Waals surface area contributed by atoms with Gasteiger partial charge in [0.1, 0.15) is 11.8 Å². The number of urea groups is 1. The molecule has 2 aromatic heterocycles. The lowest BCUT2D eigenvalue weighted by molar-refractivity contribution is 0.193. The van der Waals surface area contributed by atoms with Gasteiger partial charge in [-0.1, -0.05) is 36.4 Å². The van der Waals surface area contributed by atoms with Crippen molar-refractivity contribution in [1.82, 2.24) is 14.9 Å². The lowest BCUT2D eigenvalue weighted by Crippen LogP contribution is -2.43. The zero-order valence-electron chi connectivity index (χ0n) is 16.6. The molecule has 0 radical (unpaired) electrons. The second-order valence-corrected chi connectivity index (χ2v) is 7.33. The molecule has 6 nitrogen and oxygen atoms in total. The van der Waals surface area contributed by atoms with Crippen LogP contribution in [0.4, 0.5) is 10.5 Å². The summed E-state index contributed by atoms with van der Waals surface area (Å²) in [6.45, 7) is 0.607. The SMILES string of the molecule is COc1ccccc1NC(=O)N1CCc2c([nH]c3ccccc23)[C@H]1c1cccnc1. The smallest absolute Gasteiger partial charge is 0.322 e. The molecule has 3 heterocycles. The fourth-order valence-electron chi connectivity index (χ4n) is 4.28. The highest BCUT2D eigenvalue weighted by atomic mass is 16.5. The van der Waals surface area contributed by atoms with E-state index in [0.717, 1.165) is 23.2 Å². The predicted octanol–water partition coefficient (Wildman–Crippen LogP) is 4.75. The number of aromatic amines is 1. The monoisotopic (exact) mass is 398 g/mol. The molecule has 6 heteroatoms. The molecule has 2 aromatic carbocycles. The number of para-hydroxylation sites is 3. The first kappa shape index (κ1) is 18.2. The van der Waals surface area contributed by atoms with Crippen molar-refractivity contribution >= 4 is 22.6 Å². The largest absolute Gasteiger partial charge is 0.495 e. The number of aromatic nitrogens is 2. The van der Waals surface area contributed by atoms with Crippen molar-refractivity contribution in [3.8, 4) is 5.75 Å². The minimum atomic E-state index is -0.246. The van der Waals surface area contributed by atoms with Crippen LogP contribution in [0.5, 0.6) is 5.75 Å². The van der Waals surface area contributed by atoms with Gasteiger partial charge in [-0.15, -0.1) is 0 Å². The van der Waals surface area contributed by atoms with Gasteiger partial charge in [-0.05, 0) is 41.8 Å². The summed E-state index contributed by atoms with van der Waals surface area (Å²) >= 11 is 0. The van der Waals surface area contributed by atoms with Gasteiger partial charge in [-0.2, -0.15) is 0 Å². The third-order valence-electron chi connectivity index (χ3n) is 5.64. The number of fused-ring (bicyclic) bond motifs is 3. The fourth-order valence-corrected chi connectivity index (χ4v) is 4.28. The van der Waals surface area contributed by atoms with E-state index in [9.17, 15) is 4.79 Å². The number of anilines is 1. The summed E-state index contributed by atoms with van der Waals surface area (Å²) in [6.07, 6.45) is 4.36. The molecule has 2 N–H and O–H groups in total. The lowest BCUT2D eigenvalue weighted by Gasteiger charge is -2.36. The third kappa shape index (κ3) is 3.06. The van der Waals surface area contributed by atoms with Crippen LogP contribution in [0.25, 0.3) is 10.9 Å². The molecule has 150 valence electrons. The molecular formula is C24H22N4O2. The maximum absolute atomic E-state index is 13.4. The summed E-state index contributed by atoms with van der Waals surface area (Å²) in [4.78, 5) is 23.1. The van der Waals surface area contributed by atoms with Crippen molar-refractivity contribution in [2.75, 3.05) is 19.0 Å². The normalized spacial score (nSPS) is 15.6. The maximum atomic E-state index is 13.4. The standard InChI is InChI=1S/C24H22N4O2/c1-30-21-11-5-4-10-20(21)27-24(29)28-14-12-18-17-8-2-3-9-19(17)26-22(18)23(28)16-7-6-13-25-15-16/h2-11,13,15,23,26H,12,14H2,1H3,(H,27,29)/t23-/m1/s1. The van der Waals surface area contributed by atoms with Gasteiger partial charge in [-0.3, -0.25) is 4.98 Å². The number of H-pyrrole nitrogens is 1. The maximum Gasteiger partial charge on any atom is 0.322 e. The number of nitrogens with one attached hydrogen (secondary N) is 2. The molecule has 0 fully saturated rings. The van der Waals surface area contributed by atoms with Crippen molar-refractivity contribution in [2.45, 2.75) is 12.5 Å². The summed E-state index contributed by atoms with van der Waals surface area (Å²) in [5.41, 5.74) is 5.02. The van der Waals surface area contributed by atoms with Crippen LogP contribution < -0.4 is 10.1 Å². The van der Waals surface area contributed by atoms with Gasteiger partial charge in [-0.25, -0.2) is 4.79 Å². The van der Waals surface area contributed by atoms with E-state index in [1.807, 2.05) is 53.6 Å². The van der Waals surface area contributed by atoms with E-state index >= 15 is 0 Å². The van der Waals surface area contributed by atoms with E-state index in [4.69, 9.17) is 4.74 Å². The van der Waals surface area contributed by atoms with Crippen LogP contribution in [-0.4, -0.2) is 34.6 Å². The summed E-state index contributed by atoms with van der Waals surface area (Å²) in [5, 5.41) is 4.24. The average molecular weight is 398 g/mol. The number of hydrogen-bond acceptors (Lipinski definition) is 3. The van der Waals surface area contributed by atoms with Gasteiger partial charge in [0.2, 0.25) is 0 Å². The Morgan fingerprint density at radius 1 is 1.13 bits per heavy atom. The number of amides is 2. The summed E-state index contributed by atoms with van der Waals surface area (Å²) < 4.78 is 5.39. The van der Waals surface area contributed by atoms with Crippen molar-refractivity contribution in [3.05, 3.63) is 89.9 Å². The molecule has 30 heavy (non-hydrogen) atoms. The Hall–Kier alpha value is -3.80. The first-order chi connectivity index (χ1) is 14.8. The zero-order chi connectivity index (χ0) is 20.5. The minimum Gasteiger partial charge on any atom is -0.495 e. The second-order valence-electron chi connectivity index (χ2n) is 7.33. The van der Waals surface area contributed by atoms with Crippen LogP contribution in [-0.2, 0) is 6.42 Å². The molecule has 0 bridgehead atoms. The van der Waals surface area contributed by atoms with Crippen LogP contribution >= 0.6 is 0 Å². The molecule has 1 aliphatic heterocycles. The zero-order valence-corrected chi connectivity index (χ0v) is 16.6. The second kappa shape index (κ2) is 7.55. The summed E-state index contributed by atoms with van der Waals surface area (Å²) in [7, 11) is 1.60. The number of benzene rings is 2. The van der Waals surface area contributed by atoms with Crippen molar-refractivity contribution in [2.24, 2.45) is 0 Å². The van der Waals surface area contributed by atoms with E-state index in [1.165, 1.54) is 10.9 Å². The van der Waals surface area contributed by atoms with Crippen LogP contribution in [0.2, 0.25) is 0 Å². The molecule has 1 aliphatic rings. The van der Waals surface area contributed by atoms with Gasteiger partial charge in [0.25, 0.3) is 0 Å². The van der Waals surface area contributed by atoms with Crippen LogP contribution in [0.3, 0.4) is 0 Å². The number of hydrogen-bond donors (Lipinski definition) is 2. The molecule has 5 rings (SSSR count).